The van der Waals surface area contributed by atoms with Crippen molar-refractivity contribution in [2.45, 2.75) is 38.8 Å². The molecule has 0 fully saturated rings. The van der Waals surface area contributed by atoms with Crippen LogP contribution in [0.3, 0.4) is 0 Å². The van der Waals surface area contributed by atoms with E-state index in [9.17, 15) is 19.1 Å². The molecule has 29 heavy (non-hydrogen) atoms. The minimum atomic E-state index is -1.24. The second kappa shape index (κ2) is 10.4. The normalized spacial score (nSPS) is 13.2. The number of aryl methyl sites for hydroxylation is 1. The SMILES string of the molecule is C=C(C=CC(O)CC(=O)C(C(=O)OCC)c1ccc(F)cc1)c1nnn(CC)n1. The van der Waals surface area contributed by atoms with Crippen LogP contribution in [0.15, 0.2) is 43.0 Å². The average Bonchev–Trinajstić information content (AvgIpc) is 3.17. The van der Waals surface area contributed by atoms with Gasteiger partial charge in [-0.2, -0.15) is 4.80 Å². The average molecular weight is 402 g/mol. The van der Waals surface area contributed by atoms with Gasteiger partial charge in [0.25, 0.3) is 0 Å². The van der Waals surface area contributed by atoms with Gasteiger partial charge in [0, 0.05) is 12.0 Å². The minimum absolute atomic E-state index is 0.0948. The number of hydrogen-bond donors (Lipinski definition) is 1. The minimum Gasteiger partial charge on any atom is -0.465 e. The number of esters is 1. The maximum Gasteiger partial charge on any atom is 0.321 e. The Morgan fingerprint density at radius 3 is 2.59 bits per heavy atom. The molecule has 1 aromatic carbocycles. The number of nitrogens with zero attached hydrogens (tertiary/aromatic N) is 4. The first-order valence-corrected chi connectivity index (χ1v) is 9.13. The maximum atomic E-state index is 13.2. The van der Waals surface area contributed by atoms with E-state index in [2.05, 4.69) is 22.0 Å². The number of aromatic nitrogens is 4. The van der Waals surface area contributed by atoms with E-state index < -0.39 is 29.6 Å². The van der Waals surface area contributed by atoms with Crippen molar-refractivity contribution in [3.8, 4) is 0 Å². The molecule has 0 amide bonds. The van der Waals surface area contributed by atoms with Gasteiger partial charge in [0.2, 0.25) is 5.82 Å². The topological polar surface area (TPSA) is 107 Å². The Hall–Kier alpha value is -3.20. The summed E-state index contributed by atoms with van der Waals surface area (Å²) in [6.45, 7) is 7.93. The van der Waals surface area contributed by atoms with E-state index in [-0.39, 0.29) is 13.0 Å². The van der Waals surface area contributed by atoms with Crippen LogP contribution in [0.25, 0.3) is 5.57 Å². The summed E-state index contributed by atoms with van der Waals surface area (Å²) in [7, 11) is 0. The highest BCUT2D eigenvalue weighted by molar-refractivity contribution is 6.04. The van der Waals surface area contributed by atoms with Gasteiger partial charge in [0.15, 0.2) is 5.78 Å². The molecule has 154 valence electrons. The number of ether oxygens (including phenoxy) is 1. The van der Waals surface area contributed by atoms with Gasteiger partial charge in [-0.15, -0.1) is 10.2 Å². The van der Waals surface area contributed by atoms with Crippen LogP contribution in [-0.2, 0) is 20.9 Å². The standard InChI is InChI=1S/C20H23FN4O4/c1-4-25-23-19(22-24-25)13(3)6-11-16(26)12-17(27)18(20(28)29-5-2)14-7-9-15(21)10-8-14/h6-11,16,18,26H,3-5,12H2,1-2H3. The van der Waals surface area contributed by atoms with Gasteiger partial charge in [-0.25, -0.2) is 4.39 Å². The first kappa shape index (κ1) is 22.1. The monoisotopic (exact) mass is 402 g/mol. The lowest BCUT2D eigenvalue weighted by Gasteiger charge is -2.16. The molecule has 2 unspecified atom stereocenters. The summed E-state index contributed by atoms with van der Waals surface area (Å²) in [5.74, 6) is -2.72. The number of Topliss-reactive ketones (excluding diaryl/α,β-unsaturated/α-hetero) is 1. The number of aliphatic hydroxyl groups is 1. The van der Waals surface area contributed by atoms with Crippen molar-refractivity contribution in [1.82, 2.24) is 20.2 Å². The lowest BCUT2D eigenvalue weighted by atomic mass is 9.91. The Morgan fingerprint density at radius 2 is 2.00 bits per heavy atom. The number of carbonyl (C=O) groups excluding carboxylic acids is 2. The molecule has 0 saturated carbocycles. The van der Waals surface area contributed by atoms with E-state index in [1.807, 2.05) is 6.92 Å². The zero-order valence-corrected chi connectivity index (χ0v) is 16.3. The predicted octanol–water partition coefficient (Wildman–Crippen LogP) is 2.07. The molecular weight excluding hydrogens is 379 g/mol. The molecule has 1 N–H and O–H groups in total. The highest BCUT2D eigenvalue weighted by atomic mass is 19.1. The fraction of sp³-hybridized carbons (Fsp3) is 0.350. The summed E-state index contributed by atoms with van der Waals surface area (Å²) in [5.41, 5.74) is 0.715. The van der Waals surface area contributed by atoms with Crippen LogP contribution in [0.2, 0.25) is 0 Å². The molecule has 0 aliphatic rings. The van der Waals surface area contributed by atoms with E-state index in [1.165, 1.54) is 29.1 Å². The Morgan fingerprint density at radius 1 is 1.31 bits per heavy atom. The Labute approximate surface area is 167 Å². The van der Waals surface area contributed by atoms with Crippen LogP contribution in [-0.4, -0.2) is 49.8 Å². The smallest absolute Gasteiger partial charge is 0.321 e. The molecule has 2 aromatic rings. The second-order valence-electron chi connectivity index (χ2n) is 6.16. The molecule has 0 bridgehead atoms. The van der Waals surface area contributed by atoms with Crippen LogP contribution in [0.4, 0.5) is 4.39 Å². The predicted molar refractivity (Wildman–Crippen MR) is 103 cm³/mol. The number of tetrazole rings is 1. The number of allylic oxidation sites excluding steroid dienone is 2. The van der Waals surface area contributed by atoms with Gasteiger partial charge in [0.1, 0.15) is 11.7 Å². The van der Waals surface area contributed by atoms with E-state index >= 15 is 0 Å². The largest absolute Gasteiger partial charge is 0.465 e. The fourth-order valence-electron chi connectivity index (χ4n) is 2.53. The van der Waals surface area contributed by atoms with Crippen LogP contribution >= 0.6 is 0 Å². The fourth-order valence-corrected chi connectivity index (χ4v) is 2.53. The maximum absolute atomic E-state index is 13.2. The summed E-state index contributed by atoms with van der Waals surface area (Å²) in [4.78, 5) is 26.3. The van der Waals surface area contributed by atoms with Gasteiger partial charge >= 0.3 is 5.97 Å². The van der Waals surface area contributed by atoms with Crippen molar-refractivity contribution >= 4 is 17.3 Å². The van der Waals surface area contributed by atoms with Gasteiger partial charge in [0.05, 0.1) is 19.3 Å². The van der Waals surface area contributed by atoms with Gasteiger partial charge in [-0.05, 0) is 36.8 Å². The van der Waals surface area contributed by atoms with E-state index in [0.29, 0.717) is 23.5 Å². The molecule has 2 rings (SSSR count). The summed E-state index contributed by atoms with van der Waals surface area (Å²) in [6, 6.07) is 5.01. The Kier molecular flexibility index (Phi) is 7.90. The number of aliphatic hydroxyl groups excluding tert-OH is 1. The van der Waals surface area contributed by atoms with Crippen molar-refractivity contribution < 1.29 is 23.8 Å². The molecule has 0 spiro atoms. The lowest BCUT2D eigenvalue weighted by molar-refractivity contribution is -0.148. The third-order valence-electron chi connectivity index (χ3n) is 4.00. The second-order valence-corrected chi connectivity index (χ2v) is 6.16. The van der Waals surface area contributed by atoms with Gasteiger partial charge in [-0.1, -0.05) is 30.9 Å². The first-order valence-electron chi connectivity index (χ1n) is 9.13. The van der Waals surface area contributed by atoms with Crippen molar-refractivity contribution in [2.75, 3.05) is 6.61 Å². The first-order chi connectivity index (χ1) is 13.8. The van der Waals surface area contributed by atoms with E-state index in [1.54, 1.807) is 6.92 Å². The van der Waals surface area contributed by atoms with Crippen molar-refractivity contribution in [3.63, 3.8) is 0 Å². The quantitative estimate of drug-likeness (QED) is 0.368. The van der Waals surface area contributed by atoms with Crippen molar-refractivity contribution in [3.05, 3.63) is 60.2 Å². The number of hydrogen-bond acceptors (Lipinski definition) is 7. The molecule has 0 saturated heterocycles. The van der Waals surface area contributed by atoms with E-state index in [0.717, 1.165) is 12.1 Å². The van der Waals surface area contributed by atoms with E-state index in [4.69, 9.17) is 4.74 Å². The van der Waals surface area contributed by atoms with Crippen LogP contribution in [0.5, 0.6) is 0 Å². The third-order valence-corrected chi connectivity index (χ3v) is 4.00. The molecular formula is C20H23FN4O4. The summed E-state index contributed by atoms with van der Waals surface area (Å²) in [6.07, 6.45) is 1.34. The summed E-state index contributed by atoms with van der Waals surface area (Å²) < 4.78 is 18.1. The van der Waals surface area contributed by atoms with Crippen molar-refractivity contribution in [2.24, 2.45) is 0 Å². The summed E-state index contributed by atoms with van der Waals surface area (Å²) >= 11 is 0. The highest BCUT2D eigenvalue weighted by Crippen LogP contribution is 2.22. The van der Waals surface area contributed by atoms with Gasteiger partial charge in [-0.3, -0.25) is 9.59 Å². The number of ketones is 1. The Bertz CT molecular complexity index is 892. The van der Waals surface area contributed by atoms with Gasteiger partial charge < -0.3 is 9.84 Å². The zero-order chi connectivity index (χ0) is 21.4. The molecule has 0 radical (unpaired) electrons. The van der Waals surface area contributed by atoms with Crippen LogP contribution in [0.1, 0.15) is 37.6 Å². The molecule has 2 atom stereocenters. The lowest BCUT2D eigenvalue weighted by Crippen LogP contribution is -2.27. The molecule has 1 heterocycles. The van der Waals surface area contributed by atoms with Crippen LogP contribution < -0.4 is 0 Å². The molecule has 1 aromatic heterocycles. The highest BCUT2D eigenvalue weighted by Gasteiger charge is 2.30. The summed E-state index contributed by atoms with van der Waals surface area (Å²) in [5, 5.41) is 21.9. The molecule has 0 aliphatic carbocycles. The van der Waals surface area contributed by atoms with Crippen LogP contribution in [0, 0.1) is 5.82 Å². The number of halogens is 1. The van der Waals surface area contributed by atoms with Crippen molar-refractivity contribution in [1.29, 1.82) is 0 Å². The number of carbonyl (C=O) groups is 2. The molecule has 8 nitrogen and oxygen atoms in total. The number of benzene rings is 1. The molecule has 0 aliphatic heterocycles. The molecule has 9 heteroatoms. The zero-order valence-electron chi connectivity index (χ0n) is 16.3. The Balaban J connectivity index is 2.07. The number of rotatable bonds is 10. The third kappa shape index (κ3) is 6.15.